The van der Waals surface area contributed by atoms with Gasteiger partial charge in [-0.1, -0.05) is 0 Å². The van der Waals surface area contributed by atoms with Crippen molar-refractivity contribution in [3.05, 3.63) is 23.0 Å². The first-order valence-corrected chi connectivity index (χ1v) is 6.78. The highest BCUT2D eigenvalue weighted by atomic mass is 15.2. The van der Waals surface area contributed by atoms with Crippen LogP contribution in [0.3, 0.4) is 0 Å². The molecule has 2 rings (SSSR count). The fourth-order valence-electron chi connectivity index (χ4n) is 2.74. The number of aryl methyl sites for hydroxylation is 2. The highest BCUT2D eigenvalue weighted by molar-refractivity contribution is 5.60. The third kappa shape index (κ3) is 2.57. The van der Waals surface area contributed by atoms with Crippen molar-refractivity contribution in [1.82, 2.24) is 9.88 Å². The number of hydrogen-bond donors (Lipinski definition) is 1. The van der Waals surface area contributed by atoms with Crippen LogP contribution in [0.4, 0.5) is 5.69 Å². The van der Waals surface area contributed by atoms with E-state index in [0.717, 1.165) is 23.6 Å². The summed E-state index contributed by atoms with van der Waals surface area (Å²) in [7, 11) is 4.27. The van der Waals surface area contributed by atoms with Crippen molar-refractivity contribution in [2.75, 3.05) is 26.0 Å². The Hall–Kier alpha value is -1.60. The highest BCUT2D eigenvalue weighted by Gasteiger charge is 2.38. The molecule has 0 amide bonds. The van der Waals surface area contributed by atoms with E-state index in [1.165, 1.54) is 19.3 Å². The summed E-state index contributed by atoms with van der Waals surface area (Å²) in [5, 5.41) is 12.7. The Morgan fingerprint density at radius 1 is 1.42 bits per heavy atom. The first kappa shape index (κ1) is 13.8. The molecule has 1 aliphatic carbocycles. The molecule has 4 nitrogen and oxygen atoms in total. The van der Waals surface area contributed by atoms with E-state index in [1.807, 2.05) is 19.9 Å². The van der Waals surface area contributed by atoms with Crippen LogP contribution in [0.5, 0.6) is 0 Å². The van der Waals surface area contributed by atoms with E-state index in [0.29, 0.717) is 5.56 Å². The minimum absolute atomic E-state index is 0.248. The fourth-order valence-corrected chi connectivity index (χ4v) is 2.74. The van der Waals surface area contributed by atoms with Crippen LogP contribution in [0, 0.1) is 25.2 Å². The summed E-state index contributed by atoms with van der Waals surface area (Å²) in [6.07, 6.45) is 3.73. The van der Waals surface area contributed by atoms with Crippen LogP contribution in [-0.2, 0) is 0 Å². The van der Waals surface area contributed by atoms with Gasteiger partial charge in [-0.3, -0.25) is 4.98 Å². The SMILES string of the molecule is Cc1cc(NCC2(N(C)C)CCC2)c(C#N)c(C)n1. The number of nitrogens with zero attached hydrogens (tertiary/aromatic N) is 3. The molecule has 1 aromatic heterocycles. The number of anilines is 1. The van der Waals surface area contributed by atoms with Gasteiger partial charge >= 0.3 is 0 Å². The van der Waals surface area contributed by atoms with Crippen LogP contribution in [0.1, 0.15) is 36.2 Å². The largest absolute Gasteiger partial charge is 0.382 e. The summed E-state index contributed by atoms with van der Waals surface area (Å²) in [6.45, 7) is 4.74. The maximum atomic E-state index is 9.26. The molecule has 19 heavy (non-hydrogen) atoms. The molecule has 0 unspecified atom stereocenters. The molecule has 1 heterocycles. The Morgan fingerprint density at radius 3 is 2.58 bits per heavy atom. The van der Waals surface area contributed by atoms with Crippen LogP contribution >= 0.6 is 0 Å². The number of hydrogen-bond acceptors (Lipinski definition) is 4. The third-order valence-electron chi connectivity index (χ3n) is 4.28. The van der Waals surface area contributed by atoms with Crippen molar-refractivity contribution in [2.24, 2.45) is 0 Å². The van der Waals surface area contributed by atoms with Gasteiger partial charge in [0, 0.05) is 17.8 Å². The van der Waals surface area contributed by atoms with Gasteiger partial charge in [0.2, 0.25) is 0 Å². The maximum Gasteiger partial charge on any atom is 0.103 e. The lowest BCUT2D eigenvalue weighted by Gasteiger charge is -2.47. The minimum Gasteiger partial charge on any atom is -0.382 e. The highest BCUT2D eigenvalue weighted by Crippen LogP contribution is 2.36. The van der Waals surface area contributed by atoms with Crippen LogP contribution in [0.2, 0.25) is 0 Å². The smallest absolute Gasteiger partial charge is 0.103 e. The number of nitriles is 1. The van der Waals surface area contributed by atoms with Gasteiger partial charge in [0.1, 0.15) is 6.07 Å². The van der Waals surface area contributed by atoms with Gasteiger partial charge in [-0.2, -0.15) is 5.26 Å². The zero-order valence-electron chi connectivity index (χ0n) is 12.2. The van der Waals surface area contributed by atoms with E-state index in [9.17, 15) is 5.26 Å². The second kappa shape index (κ2) is 5.18. The molecule has 0 atom stereocenters. The van der Waals surface area contributed by atoms with Gasteiger partial charge in [0.15, 0.2) is 0 Å². The van der Waals surface area contributed by atoms with E-state index in [-0.39, 0.29) is 5.54 Å². The lowest BCUT2D eigenvalue weighted by Crippen LogP contribution is -2.54. The van der Waals surface area contributed by atoms with Gasteiger partial charge < -0.3 is 10.2 Å². The molecule has 0 saturated heterocycles. The van der Waals surface area contributed by atoms with Crippen molar-refractivity contribution >= 4 is 5.69 Å². The Kier molecular flexibility index (Phi) is 3.77. The molecular weight excluding hydrogens is 236 g/mol. The Balaban J connectivity index is 2.18. The molecule has 0 aliphatic heterocycles. The first-order chi connectivity index (χ1) is 8.98. The summed E-state index contributed by atoms with van der Waals surface area (Å²) in [4.78, 5) is 6.65. The number of rotatable bonds is 4. The van der Waals surface area contributed by atoms with Gasteiger partial charge in [-0.25, -0.2) is 0 Å². The molecule has 1 saturated carbocycles. The van der Waals surface area contributed by atoms with Crippen molar-refractivity contribution in [3.63, 3.8) is 0 Å². The van der Waals surface area contributed by atoms with Crippen molar-refractivity contribution < 1.29 is 0 Å². The van der Waals surface area contributed by atoms with E-state index in [4.69, 9.17) is 0 Å². The van der Waals surface area contributed by atoms with E-state index >= 15 is 0 Å². The molecule has 1 fully saturated rings. The Bertz CT molecular complexity index is 510. The van der Waals surface area contributed by atoms with Crippen LogP contribution < -0.4 is 5.32 Å². The summed E-state index contributed by atoms with van der Waals surface area (Å²) in [5.74, 6) is 0. The van der Waals surface area contributed by atoms with Crippen molar-refractivity contribution in [3.8, 4) is 6.07 Å². The van der Waals surface area contributed by atoms with Crippen LogP contribution in [-0.4, -0.2) is 36.1 Å². The Labute approximate surface area is 115 Å². The lowest BCUT2D eigenvalue weighted by molar-refractivity contribution is 0.0739. The minimum atomic E-state index is 0.248. The quantitative estimate of drug-likeness (QED) is 0.901. The number of likely N-dealkylation sites (N-methyl/N-ethyl adjacent to an activating group) is 1. The molecular formula is C15H22N4. The molecule has 4 heteroatoms. The van der Waals surface area contributed by atoms with Gasteiger partial charge in [-0.05, 0) is 53.3 Å². The Morgan fingerprint density at radius 2 is 2.11 bits per heavy atom. The molecule has 0 bridgehead atoms. The predicted molar refractivity (Wildman–Crippen MR) is 77.2 cm³/mol. The van der Waals surface area contributed by atoms with Gasteiger partial charge in [0.05, 0.1) is 16.9 Å². The van der Waals surface area contributed by atoms with Crippen LogP contribution in [0.15, 0.2) is 6.07 Å². The van der Waals surface area contributed by atoms with Crippen molar-refractivity contribution in [2.45, 2.75) is 38.6 Å². The summed E-state index contributed by atoms with van der Waals surface area (Å²) < 4.78 is 0. The number of nitrogens with one attached hydrogen (secondary N) is 1. The molecule has 102 valence electrons. The molecule has 1 aliphatic rings. The van der Waals surface area contributed by atoms with Crippen molar-refractivity contribution in [1.29, 1.82) is 5.26 Å². The molecule has 0 aromatic carbocycles. The number of aromatic nitrogens is 1. The lowest BCUT2D eigenvalue weighted by atomic mass is 9.75. The zero-order chi connectivity index (χ0) is 14.0. The van der Waals surface area contributed by atoms with Crippen LogP contribution in [0.25, 0.3) is 0 Å². The average Bonchev–Trinajstić information content (AvgIpc) is 2.26. The average molecular weight is 258 g/mol. The monoisotopic (exact) mass is 258 g/mol. The molecule has 0 radical (unpaired) electrons. The topological polar surface area (TPSA) is 52.0 Å². The second-order valence-electron chi connectivity index (χ2n) is 5.71. The number of pyridine rings is 1. The van der Waals surface area contributed by atoms with Gasteiger partial charge in [0.25, 0.3) is 0 Å². The summed E-state index contributed by atoms with van der Waals surface area (Å²) in [5.41, 5.74) is 3.58. The summed E-state index contributed by atoms with van der Waals surface area (Å²) in [6, 6.07) is 4.22. The fraction of sp³-hybridized carbons (Fsp3) is 0.600. The van der Waals surface area contributed by atoms with Gasteiger partial charge in [-0.15, -0.1) is 0 Å². The van der Waals surface area contributed by atoms with E-state index in [1.54, 1.807) is 0 Å². The standard InChI is InChI=1S/C15H22N4/c1-11-8-14(13(9-16)12(2)18-11)17-10-15(19(3)4)6-5-7-15/h8H,5-7,10H2,1-4H3,(H,17,18). The first-order valence-electron chi connectivity index (χ1n) is 6.78. The predicted octanol–water partition coefficient (Wildman–Crippen LogP) is 2.47. The summed E-state index contributed by atoms with van der Waals surface area (Å²) >= 11 is 0. The zero-order valence-corrected chi connectivity index (χ0v) is 12.2. The molecule has 1 N–H and O–H groups in total. The second-order valence-corrected chi connectivity index (χ2v) is 5.71. The molecule has 0 spiro atoms. The van der Waals surface area contributed by atoms with E-state index < -0.39 is 0 Å². The molecule has 1 aromatic rings. The van der Waals surface area contributed by atoms with E-state index in [2.05, 4.69) is 35.4 Å². The normalized spacial score (nSPS) is 16.8. The maximum absolute atomic E-state index is 9.26. The third-order valence-corrected chi connectivity index (χ3v) is 4.28.